The van der Waals surface area contributed by atoms with Gasteiger partial charge >= 0.3 is 0 Å². The van der Waals surface area contributed by atoms with Gasteiger partial charge in [-0.25, -0.2) is 0 Å². The van der Waals surface area contributed by atoms with Gasteiger partial charge in [-0.2, -0.15) is 0 Å². The van der Waals surface area contributed by atoms with Crippen LogP contribution in [0.4, 0.5) is 0 Å². The molecule has 0 spiro atoms. The van der Waals surface area contributed by atoms with Crippen LogP contribution in [0.15, 0.2) is 42.5 Å². The van der Waals surface area contributed by atoms with Crippen molar-refractivity contribution in [2.45, 2.75) is 40.0 Å². The van der Waals surface area contributed by atoms with Crippen LogP contribution in [0.3, 0.4) is 0 Å². The molecule has 0 aromatic heterocycles. The molecule has 1 saturated heterocycles. The summed E-state index contributed by atoms with van der Waals surface area (Å²) in [6, 6.07) is 13.2. The Morgan fingerprint density at radius 1 is 1.03 bits per heavy atom. The molecule has 1 fully saturated rings. The highest BCUT2D eigenvalue weighted by Gasteiger charge is 2.17. The summed E-state index contributed by atoms with van der Waals surface area (Å²) in [4.78, 5) is 27.2. The van der Waals surface area contributed by atoms with E-state index in [1.165, 1.54) is 5.56 Å². The molecule has 1 unspecified atom stereocenters. The maximum atomic E-state index is 12.5. The standard InChI is InChI=1S/C26H35N3O5/c1-4-32-23-10-9-22(14-24(23)33-5-2)26(31)28-16-25(30)27-15-20-7-6-8-21(13-20)18-29-11-12-34-19(3)17-29/h6-10,13-14,19H,4-5,11-12,15-18H2,1-3H3,(H,27,30)(H,28,31). The van der Waals surface area contributed by atoms with Gasteiger partial charge in [0.25, 0.3) is 5.91 Å². The van der Waals surface area contributed by atoms with Gasteiger partial charge in [0, 0.05) is 31.7 Å². The summed E-state index contributed by atoms with van der Waals surface area (Å²) in [5.41, 5.74) is 2.63. The largest absolute Gasteiger partial charge is 0.490 e. The molecule has 2 aromatic rings. The number of amides is 2. The van der Waals surface area contributed by atoms with Crippen molar-refractivity contribution in [2.24, 2.45) is 0 Å². The number of ether oxygens (including phenoxy) is 3. The molecule has 1 aliphatic rings. The number of morpholine rings is 1. The van der Waals surface area contributed by atoms with E-state index in [0.717, 1.165) is 31.8 Å². The zero-order valence-electron chi connectivity index (χ0n) is 20.3. The smallest absolute Gasteiger partial charge is 0.251 e. The lowest BCUT2D eigenvalue weighted by Crippen LogP contribution is -2.40. The number of nitrogens with zero attached hydrogens (tertiary/aromatic N) is 1. The summed E-state index contributed by atoms with van der Waals surface area (Å²) >= 11 is 0. The van der Waals surface area contributed by atoms with E-state index in [0.29, 0.717) is 36.8 Å². The Balaban J connectivity index is 1.47. The zero-order chi connectivity index (χ0) is 24.3. The topological polar surface area (TPSA) is 89.1 Å². The predicted molar refractivity (Wildman–Crippen MR) is 130 cm³/mol. The number of nitrogens with one attached hydrogen (secondary N) is 2. The molecule has 2 aromatic carbocycles. The maximum Gasteiger partial charge on any atom is 0.251 e. The molecule has 34 heavy (non-hydrogen) atoms. The third-order valence-corrected chi connectivity index (χ3v) is 5.43. The van der Waals surface area contributed by atoms with Crippen LogP contribution in [-0.2, 0) is 22.6 Å². The molecule has 0 aliphatic carbocycles. The van der Waals surface area contributed by atoms with Crippen molar-refractivity contribution in [3.8, 4) is 11.5 Å². The molecule has 0 saturated carbocycles. The first-order valence-corrected chi connectivity index (χ1v) is 11.8. The summed E-state index contributed by atoms with van der Waals surface area (Å²) < 4.78 is 16.7. The van der Waals surface area contributed by atoms with Crippen molar-refractivity contribution < 1.29 is 23.8 Å². The van der Waals surface area contributed by atoms with E-state index in [1.54, 1.807) is 18.2 Å². The third kappa shape index (κ3) is 7.74. The maximum absolute atomic E-state index is 12.5. The average Bonchev–Trinajstić information content (AvgIpc) is 2.83. The van der Waals surface area contributed by atoms with Crippen LogP contribution in [0.25, 0.3) is 0 Å². The van der Waals surface area contributed by atoms with E-state index in [2.05, 4.69) is 34.6 Å². The minimum absolute atomic E-state index is 0.110. The predicted octanol–water partition coefficient (Wildman–Crippen LogP) is 2.75. The van der Waals surface area contributed by atoms with Gasteiger partial charge in [0.1, 0.15) is 0 Å². The van der Waals surface area contributed by atoms with Crippen molar-refractivity contribution in [1.82, 2.24) is 15.5 Å². The van der Waals surface area contributed by atoms with Crippen LogP contribution in [0, 0.1) is 0 Å². The van der Waals surface area contributed by atoms with E-state index in [1.807, 2.05) is 26.0 Å². The van der Waals surface area contributed by atoms with Gasteiger partial charge in [-0.3, -0.25) is 14.5 Å². The molecule has 1 aliphatic heterocycles. The van der Waals surface area contributed by atoms with Crippen molar-refractivity contribution in [3.63, 3.8) is 0 Å². The Labute approximate surface area is 201 Å². The lowest BCUT2D eigenvalue weighted by Gasteiger charge is -2.31. The summed E-state index contributed by atoms with van der Waals surface area (Å²) in [6.07, 6.45) is 0.250. The Morgan fingerprint density at radius 2 is 1.79 bits per heavy atom. The Kier molecular flexibility index (Phi) is 9.73. The average molecular weight is 470 g/mol. The molecule has 0 radical (unpaired) electrons. The fraction of sp³-hybridized carbons (Fsp3) is 0.462. The van der Waals surface area contributed by atoms with Crippen molar-refractivity contribution in [3.05, 3.63) is 59.2 Å². The van der Waals surface area contributed by atoms with Crippen LogP contribution in [0.1, 0.15) is 42.3 Å². The highest BCUT2D eigenvalue weighted by Crippen LogP contribution is 2.28. The van der Waals surface area contributed by atoms with Gasteiger partial charge < -0.3 is 24.8 Å². The van der Waals surface area contributed by atoms with Crippen molar-refractivity contribution >= 4 is 11.8 Å². The summed E-state index contributed by atoms with van der Waals surface area (Å²) in [5.74, 6) is 0.495. The number of carbonyl (C=O) groups is 2. The molecule has 0 bridgehead atoms. The number of rotatable bonds is 11. The summed E-state index contributed by atoms with van der Waals surface area (Å²) in [5, 5.41) is 5.53. The fourth-order valence-electron chi connectivity index (χ4n) is 3.85. The number of hydrogen-bond donors (Lipinski definition) is 2. The van der Waals surface area contributed by atoms with Crippen LogP contribution in [-0.4, -0.2) is 62.3 Å². The molecule has 8 nitrogen and oxygen atoms in total. The van der Waals surface area contributed by atoms with E-state index < -0.39 is 0 Å². The third-order valence-electron chi connectivity index (χ3n) is 5.43. The Hall–Kier alpha value is -3.10. The molecular weight excluding hydrogens is 434 g/mol. The minimum atomic E-state index is -0.346. The second-order valence-corrected chi connectivity index (χ2v) is 8.22. The first-order valence-electron chi connectivity index (χ1n) is 11.8. The normalized spacial score (nSPS) is 16.0. The summed E-state index contributed by atoms with van der Waals surface area (Å²) in [6.45, 7) is 10.5. The zero-order valence-corrected chi connectivity index (χ0v) is 20.3. The molecule has 1 atom stereocenters. The first kappa shape index (κ1) is 25.5. The monoisotopic (exact) mass is 469 g/mol. The number of carbonyl (C=O) groups excluding carboxylic acids is 2. The van der Waals surface area contributed by atoms with Crippen LogP contribution >= 0.6 is 0 Å². The molecule has 184 valence electrons. The molecule has 8 heteroatoms. The van der Waals surface area contributed by atoms with Crippen LogP contribution < -0.4 is 20.1 Å². The summed E-state index contributed by atoms with van der Waals surface area (Å²) in [7, 11) is 0. The van der Waals surface area contributed by atoms with Gasteiger partial charge in [0.15, 0.2) is 11.5 Å². The number of hydrogen-bond acceptors (Lipinski definition) is 6. The molecule has 3 rings (SSSR count). The SMILES string of the molecule is CCOc1ccc(C(=O)NCC(=O)NCc2cccc(CN3CCOC(C)C3)c2)cc1OCC. The molecular formula is C26H35N3O5. The van der Waals surface area contributed by atoms with E-state index in [9.17, 15) is 9.59 Å². The fourth-order valence-corrected chi connectivity index (χ4v) is 3.85. The highest BCUT2D eigenvalue weighted by molar-refractivity contribution is 5.97. The van der Waals surface area contributed by atoms with Crippen molar-refractivity contribution in [1.29, 1.82) is 0 Å². The Bertz CT molecular complexity index is 965. The van der Waals surface area contributed by atoms with Gasteiger partial charge in [0.2, 0.25) is 5.91 Å². The Morgan fingerprint density at radius 3 is 2.56 bits per heavy atom. The highest BCUT2D eigenvalue weighted by atomic mass is 16.5. The molecule has 2 amide bonds. The van der Waals surface area contributed by atoms with Crippen LogP contribution in [0.2, 0.25) is 0 Å². The van der Waals surface area contributed by atoms with Gasteiger partial charge in [-0.15, -0.1) is 0 Å². The van der Waals surface area contributed by atoms with E-state index in [-0.39, 0.29) is 24.5 Å². The van der Waals surface area contributed by atoms with Gasteiger partial charge in [-0.05, 0) is 50.1 Å². The molecule has 1 heterocycles. The lowest BCUT2D eigenvalue weighted by atomic mass is 10.1. The van der Waals surface area contributed by atoms with E-state index in [4.69, 9.17) is 14.2 Å². The first-order chi connectivity index (χ1) is 16.5. The second-order valence-electron chi connectivity index (χ2n) is 8.22. The number of benzene rings is 2. The van der Waals surface area contributed by atoms with Gasteiger partial charge in [-0.1, -0.05) is 24.3 Å². The van der Waals surface area contributed by atoms with E-state index >= 15 is 0 Å². The van der Waals surface area contributed by atoms with Gasteiger partial charge in [0.05, 0.1) is 32.5 Å². The minimum Gasteiger partial charge on any atom is -0.490 e. The molecule has 2 N–H and O–H groups in total. The second kappa shape index (κ2) is 13.0. The van der Waals surface area contributed by atoms with Crippen LogP contribution in [0.5, 0.6) is 11.5 Å². The quantitative estimate of drug-likeness (QED) is 0.526. The van der Waals surface area contributed by atoms with Crippen molar-refractivity contribution in [2.75, 3.05) is 39.5 Å². The lowest BCUT2D eigenvalue weighted by molar-refractivity contribution is -0.120.